The zero-order valence-corrected chi connectivity index (χ0v) is 12.8. The van der Waals surface area contributed by atoms with Gasteiger partial charge in [0.15, 0.2) is 0 Å². The topological polar surface area (TPSA) is 32.7 Å². The lowest BCUT2D eigenvalue weighted by Crippen LogP contribution is -2.35. The van der Waals surface area contributed by atoms with Crippen molar-refractivity contribution in [1.82, 2.24) is 4.90 Å². The van der Waals surface area contributed by atoms with Gasteiger partial charge < -0.3 is 9.84 Å². The van der Waals surface area contributed by atoms with Gasteiger partial charge in [0.1, 0.15) is 24.3 Å². The summed E-state index contributed by atoms with van der Waals surface area (Å²) < 4.78 is 18.3. The van der Waals surface area contributed by atoms with E-state index in [0.29, 0.717) is 12.3 Å². The van der Waals surface area contributed by atoms with Gasteiger partial charge in [-0.15, -0.1) is 0 Å². The van der Waals surface area contributed by atoms with Crippen LogP contribution in [0.3, 0.4) is 0 Å². The van der Waals surface area contributed by atoms with Crippen LogP contribution < -0.4 is 4.74 Å². The molecule has 118 valence electrons. The van der Waals surface area contributed by atoms with Gasteiger partial charge in [0.2, 0.25) is 0 Å². The SMILES string of the molecule is CCN(Cc1ccccc1)C[C@H](O)COc1ccc(F)cc1. The fourth-order valence-corrected chi connectivity index (χ4v) is 2.22. The fraction of sp³-hybridized carbons (Fsp3) is 0.333. The molecule has 2 rings (SSSR count). The van der Waals surface area contributed by atoms with Gasteiger partial charge in [0, 0.05) is 13.1 Å². The first kappa shape index (κ1) is 16.5. The normalized spacial score (nSPS) is 12.4. The zero-order chi connectivity index (χ0) is 15.8. The number of hydrogen-bond acceptors (Lipinski definition) is 3. The number of aliphatic hydroxyl groups excluding tert-OH is 1. The predicted octanol–water partition coefficient (Wildman–Crippen LogP) is 3.09. The van der Waals surface area contributed by atoms with Gasteiger partial charge in [0.25, 0.3) is 0 Å². The third-order valence-electron chi connectivity index (χ3n) is 3.42. The van der Waals surface area contributed by atoms with E-state index in [4.69, 9.17) is 4.74 Å². The van der Waals surface area contributed by atoms with Crippen molar-refractivity contribution in [2.75, 3.05) is 19.7 Å². The molecular weight excluding hydrogens is 281 g/mol. The highest BCUT2D eigenvalue weighted by molar-refractivity contribution is 5.22. The van der Waals surface area contributed by atoms with Gasteiger partial charge in [-0.3, -0.25) is 4.90 Å². The van der Waals surface area contributed by atoms with E-state index in [9.17, 15) is 9.50 Å². The van der Waals surface area contributed by atoms with E-state index in [1.807, 2.05) is 18.2 Å². The summed E-state index contributed by atoms with van der Waals surface area (Å²) >= 11 is 0. The second-order valence-corrected chi connectivity index (χ2v) is 5.23. The average molecular weight is 303 g/mol. The summed E-state index contributed by atoms with van der Waals surface area (Å²) in [5.74, 6) is 0.263. The Bertz CT molecular complexity index is 545. The Morgan fingerprint density at radius 1 is 1.09 bits per heavy atom. The number of nitrogens with zero attached hydrogens (tertiary/aromatic N) is 1. The molecule has 0 amide bonds. The average Bonchev–Trinajstić information content (AvgIpc) is 2.54. The molecule has 0 heterocycles. The van der Waals surface area contributed by atoms with Gasteiger partial charge in [0.05, 0.1) is 0 Å². The van der Waals surface area contributed by atoms with E-state index in [0.717, 1.165) is 13.1 Å². The summed E-state index contributed by atoms with van der Waals surface area (Å²) in [7, 11) is 0. The van der Waals surface area contributed by atoms with E-state index in [-0.39, 0.29) is 12.4 Å². The predicted molar refractivity (Wildman–Crippen MR) is 85.3 cm³/mol. The first-order chi connectivity index (χ1) is 10.7. The Labute approximate surface area is 131 Å². The van der Waals surface area contributed by atoms with E-state index >= 15 is 0 Å². The van der Waals surface area contributed by atoms with Crippen LogP contribution in [0.4, 0.5) is 4.39 Å². The molecule has 1 N–H and O–H groups in total. The van der Waals surface area contributed by atoms with E-state index in [1.165, 1.54) is 17.7 Å². The van der Waals surface area contributed by atoms with Crippen molar-refractivity contribution in [2.24, 2.45) is 0 Å². The Balaban J connectivity index is 1.79. The molecule has 0 aliphatic rings. The van der Waals surface area contributed by atoms with Crippen molar-refractivity contribution in [3.8, 4) is 5.75 Å². The summed E-state index contributed by atoms with van der Waals surface area (Å²) in [4.78, 5) is 2.16. The Kier molecular flexibility index (Phi) is 6.37. The molecule has 0 aliphatic carbocycles. The van der Waals surface area contributed by atoms with Gasteiger partial charge in [-0.1, -0.05) is 37.3 Å². The summed E-state index contributed by atoms with van der Waals surface area (Å²) in [5, 5.41) is 10.1. The van der Waals surface area contributed by atoms with Crippen LogP contribution in [0.25, 0.3) is 0 Å². The van der Waals surface area contributed by atoms with Crippen LogP contribution in [0, 0.1) is 5.82 Å². The summed E-state index contributed by atoms with van der Waals surface area (Å²) in [5.41, 5.74) is 1.22. The van der Waals surface area contributed by atoms with Crippen LogP contribution >= 0.6 is 0 Å². The van der Waals surface area contributed by atoms with Crippen molar-refractivity contribution in [3.05, 3.63) is 66.0 Å². The standard InChI is InChI=1S/C18H22FNO2/c1-2-20(12-15-6-4-3-5-7-15)13-17(21)14-22-18-10-8-16(19)9-11-18/h3-11,17,21H,2,12-14H2,1H3/t17-/m0/s1. The molecule has 0 unspecified atom stereocenters. The number of likely N-dealkylation sites (N-methyl/N-ethyl adjacent to an activating group) is 1. The van der Waals surface area contributed by atoms with E-state index < -0.39 is 6.10 Å². The molecule has 2 aromatic rings. The van der Waals surface area contributed by atoms with Crippen molar-refractivity contribution in [3.63, 3.8) is 0 Å². The van der Waals surface area contributed by atoms with Crippen molar-refractivity contribution < 1.29 is 14.2 Å². The lowest BCUT2D eigenvalue weighted by Gasteiger charge is -2.23. The van der Waals surface area contributed by atoms with E-state index in [2.05, 4.69) is 24.0 Å². The molecule has 0 aromatic heterocycles. The number of aliphatic hydroxyl groups is 1. The molecule has 3 nitrogen and oxygen atoms in total. The number of halogens is 1. The zero-order valence-electron chi connectivity index (χ0n) is 12.8. The van der Waals surface area contributed by atoms with E-state index in [1.54, 1.807) is 12.1 Å². The Hall–Kier alpha value is -1.91. The molecule has 0 aliphatic heterocycles. The van der Waals surface area contributed by atoms with Crippen LogP contribution in [0.5, 0.6) is 5.75 Å². The number of ether oxygens (including phenoxy) is 1. The highest BCUT2D eigenvalue weighted by Gasteiger charge is 2.11. The van der Waals surface area contributed by atoms with Gasteiger partial charge in [-0.05, 0) is 36.4 Å². The molecule has 22 heavy (non-hydrogen) atoms. The first-order valence-electron chi connectivity index (χ1n) is 7.50. The van der Waals surface area contributed by atoms with Crippen LogP contribution in [0.2, 0.25) is 0 Å². The van der Waals surface area contributed by atoms with Crippen LogP contribution in [-0.2, 0) is 6.54 Å². The van der Waals surface area contributed by atoms with Gasteiger partial charge in [-0.2, -0.15) is 0 Å². The maximum Gasteiger partial charge on any atom is 0.123 e. The fourth-order valence-electron chi connectivity index (χ4n) is 2.22. The maximum absolute atomic E-state index is 12.8. The van der Waals surface area contributed by atoms with Crippen molar-refractivity contribution in [1.29, 1.82) is 0 Å². The van der Waals surface area contributed by atoms with Crippen LogP contribution in [0.1, 0.15) is 12.5 Å². The maximum atomic E-state index is 12.8. The molecular formula is C18H22FNO2. The molecule has 0 saturated heterocycles. The number of rotatable bonds is 8. The second-order valence-electron chi connectivity index (χ2n) is 5.23. The number of benzene rings is 2. The van der Waals surface area contributed by atoms with Crippen LogP contribution in [0.15, 0.2) is 54.6 Å². The molecule has 1 atom stereocenters. The highest BCUT2D eigenvalue weighted by atomic mass is 19.1. The molecule has 0 saturated carbocycles. The van der Waals surface area contributed by atoms with Gasteiger partial charge >= 0.3 is 0 Å². The molecule has 0 bridgehead atoms. The second kappa shape index (κ2) is 8.51. The molecule has 4 heteroatoms. The minimum atomic E-state index is -0.589. The Morgan fingerprint density at radius 3 is 2.41 bits per heavy atom. The molecule has 0 fully saturated rings. The first-order valence-corrected chi connectivity index (χ1v) is 7.50. The monoisotopic (exact) mass is 303 g/mol. The van der Waals surface area contributed by atoms with Crippen molar-refractivity contribution >= 4 is 0 Å². The lowest BCUT2D eigenvalue weighted by molar-refractivity contribution is 0.0674. The summed E-state index contributed by atoms with van der Waals surface area (Å²) in [6, 6.07) is 16.0. The third kappa shape index (κ3) is 5.47. The molecule has 0 radical (unpaired) electrons. The lowest BCUT2D eigenvalue weighted by atomic mass is 10.2. The summed E-state index contributed by atoms with van der Waals surface area (Å²) in [6.07, 6.45) is -0.589. The minimum Gasteiger partial charge on any atom is -0.491 e. The highest BCUT2D eigenvalue weighted by Crippen LogP contribution is 2.12. The van der Waals surface area contributed by atoms with Crippen LogP contribution in [-0.4, -0.2) is 35.8 Å². The summed E-state index contributed by atoms with van der Waals surface area (Å²) in [6.45, 7) is 4.44. The molecule has 2 aromatic carbocycles. The van der Waals surface area contributed by atoms with Gasteiger partial charge in [-0.25, -0.2) is 4.39 Å². The largest absolute Gasteiger partial charge is 0.491 e. The molecule has 0 spiro atoms. The smallest absolute Gasteiger partial charge is 0.123 e. The van der Waals surface area contributed by atoms with Crippen molar-refractivity contribution in [2.45, 2.75) is 19.6 Å². The quantitative estimate of drug-likeness (QED) is 0.813. The minimum absolute atomic E-state index is 0.191. The number of hydrogen-bond donors (Lipinski definition) is 1. The Morgan fingerprint density at radius 2 is 1.77 bits per heavy atom. The third-order valence-corrected chi connectivity index (χ3v) is 3.42.